The predicted octanol–water partition coefficient (Wildman–Crippen LogP) is 4.16. The molecular weight excluding hydrogens is 288 g/mol. The second-order valence-electron chi connectivity index (χ2n) is 4.69. The number of aromatic nitrogens is 1. The average Bonchev–Trinajstić information content (AvgIpc) is 2.48. The van der Waals surface area contributed by atoms with Gasteiger partial charge in [-0.3, -0.25) is 4.79 Å². The second kappa shape index (κ2) is 7.09. The summed E-state index contributed by atoms with van der Waals surface area (Å²) in [6.45, 7) is 4.06. The van der Waals surface area contributed by atoms with E-state index in [4.69, 9.17) is 16.3 Å². The minimum Gasteiger partial charge on any atom is -0.491 e. The first-order valence-electron chi connectivity index (χ1n) is 6.78. The van der Waals surface area contributed by atoms with Crippen LogP contribution in [0, 0.1) is 0 Å². The number of rotatable bonds is 5. The van der Waals surface area contributed by atoms with Crippen molar-refractivity contribution >= 4 is 23.2 Å². The minimum atomic E-state index is -0.236. The Morgan fingerprint density at radius 3 is 2.86 bits per heavy atom. The second-order valence-corrected chi connectivity index (χ2v) is 5.08. The number of benzene rings is 1. The van der Waals surface area contributed by atoms with Crippen LogP contribution in [0.1, 0.15) is 30.6 Å². The van der Waals surface area contributed by atoms with Crippen LogP contribution >= 0.6 is 11.6 Å². The molecule has 21 heavy (non-hydrogen) atoms. The molecule has 0 aliphatic rings. The summed E-state index contributed by atoms with van der Waals surface area (Å²) >= 11 is 5.70. The summed E-state index contributed by atoms with van der Waals surface area (Å²) in [5.74, 6) is 0.497. The lowest BCUT2D eigenvalue weighted by Gasteiger charge is -2.13. The molecule has 1 amide bonds. The van der Waals surface area contributed by atoms with Crippen LogP contribution in [-0.4, -0.2) is 17.0 Å². The SMILES string of the molecule is CCC(C)Oc1cccc(NC(=O)c2ccc(Cl)nc2)c1. The Hall–Kier alpha value is -2.07. The maximum absolute atomic E-state index is 12.1. The number of anilines is 1. The average molecular weight is 305 g/mol. The van der Waals surface area contributed by atoms with Gasteiger partial charge in [-0.05, 0) is 37.6 Å². The van der Waals surface area contributed by atoms with E-state index >= 15 is 0 Å². The fourth-order valence-corrected chi connectivity index (χ4v) is 1.79. The lowest BCUT2D eigenvalue weighted by Crippen LogP contribution is -2.13. The number of nitrogens with zero attached hydrogens (tertiary/aromatic N) is 1. The zero-order valence-corrected chi connectivity index (χ0v) is 12.7. The number of halogens is 1. The van der Waals surface area contributed by atoms with E-state index in [2.05, 4.69) is 17.2 Å². The lowest BCUT2D eigenvalue weighted by molar-refractivity contribution is 0.102. The quantitative estimate of drug-likeness (QED) is 0.844. The van der Waals surface area contributed by atoms with Gasteiger partial charge < -0.3 is 10.1 Å². The van der Waals surface area contributed by atoms with Crippen LogP contribution in [0.15, 0.2) is 42.6 Å². The summed E-state index contributed by atoms with van der Waals surface area (Å²) in [7, 11) is 0. The van der Waals surface area contributed by atoms with Gasteiger partial charge in [0, 0.05) is 18.0 Å². The molecule has 1 N–H and O–H groups in total. The fraction of sp³-hybridized carbons (Fsp3) is 0.250. The normalized spacial score (nSPS) is 11.8. The molecule has 4 nitrogen and oxygen atoms in total. The number of hydrogen-bond acceptors (Lipinski definition) is 3. The van der Waals surface area contributed by atoms with Crippen LogP contribution in [0.5, 0.6) is 5.75 Å². The first-order valence-corrected chi connectivity index (χ1v) is 7.16. The van der Waals surface area contributed by atoms with Crippen LogP contribution in [0.2, 0.25) is 5.15 Å². The summed E-state index contributed by atoms with van der Waals surface area (Å²) in [5.41, 5.74) is 1.13. The van der Waals surface area contributed by atoms with Gasteiger partial charge in [0.05, 0.1) is 11.7 Å². The zero-order chi connectivity index (χ0) is 15.2. The number of amides is 1. The molecule has 1 aromatic heterocycles. The van der Waals surface area contributed by atoms with Crippen LogP contribution in [0.4, 0.5) is 5.69 Å². The summed E-state index contributed by atoms with van der Waals surface area (Å²) in [5, 5.41) is 3.16. The van der Waals surface area contributed by atoms with Crippen molar-refractivity contribution in [3.8, 4) is 5.75 Å². The number of ether oxygens (including phenoxy) is 1. The molecule has 2 rings (SSSR count). The maximum Gasteiger partial charge on any atom is 0.257 e. The highest BCUT2D eigenvalue weighted by Crippen LogP contribution is 2.20. The number of carbonyl (C=O) groups is 1. The monoisotopic (exact) mass is 304 g/mol. The van der Waals surface area contributed by atoms with Crippen molar-refractivity contribution in [2.24, 2.45) is 0 Å². The Labute approximate surface area is 129 Å². The Morgan fingerprint density at radius 1 is 1.38 bits per heavy atom. The molecule has 0 saturated carbocycles. The van der Waals surface area contributed by atoms with Gasteiger partial charge in [0.2, 0.25) is 0 Å². The van der Waals surface area contributed by atoms with Crippen molar-refractivity contribution in [2.45, 2.75) is 26.4 Å². The fourth-order valence-electron chi connectivity index (χ4n) is 1.68. The van der Waals surface area contributed by atoms with Crippen molar-refractivity contribution in [2.75, 3.05) is 5.32 Å². The van der Waals surface area contributed by atoms with Gasteiger partial charge in [0.25, 0.3) is 5.91 Å². The molecule has 0 radical (unpaired) electrons. The van der Waals surface area contributed by atoms with Gasteiger partial charge in [-0.2, -0.15) is 0 Å². The molecular formula is C16H17ClN2O2. The molecule has 0 fully saturated rings. The zero-order valence-electron chi connectivity index (χ0n) is 12.0. The van der Waals surface area contributed by atoms with E-state index in [1.165, 1.54) is 6.20 Å². The number of pyridine rings is 1. The van der Waals surface area contributed by atoms with Gasteiger partial charge >= 0.3 is 0 Å². The van der Waals surface area contributed by atoms with Crippen LogP contribution in [0.3, 0.4) is 0 Å². The third kappa shape index (κ3) is 4.46. The van der Waals surface area contributed by atoms with E-state index in [9.17, 15) is 4.79 Å². The number of hydrogen-bond donors (Lipinski definition) is 1. The topological polar surface area (TPSA) is 51.2 Å². The molecule has 0 aliphatic heterocycles. The molecule has 5 heteroatoms. The molecule has 1 atom stereocenters. The molecule has 0 aliphatic carbocycles. The van der Waals surface area contributed by atoms with Gasteiger partial charge in [-0.15, -0.1) is 0 Å². The number of carbonyl (C=O) groups excluding carboxylic acids is 1. The lowest BCUT2D eigenvalue weighted by atomic mass is 10.2. The molecule has 2 aromatic rings. The van der Waals surface area contributed by atoms with Crippen molar-refractivity contribution in [3.63, 3.8) is 0 Å². The summed E-state index contributed by atoms with van der Waals surface area (Å²) in [6.07, 6.45) is 2.50. The van der Waals surface area contributed by atoms with Crippen molar-refractivity contribution in [1.29, 1.82) is 0 Å². The molecule has 1 heterocycles. The van der Waals surface area contributed by atoms with E-state index in [1.54, 1.807) is 18.2 Å². The molecule has 110 valence electrons. The highest BCUT2D eigenvalue weighted by molar-refractivity contribution is 6.29. The Kier molecular flexibility index (Phi) is 5.17. The molecule has 1 aromatic carbocycles. The summed E-state index contributed by atoms with van der Waals surface area (Å²) in [4.78, 5) is 16.0. The van der Waals surface area contributed by atoms with Gasteiger partial charge in [0.15, 0.2) is 0 Å². The smallest absolute Gasteiger partial charge is 0.257 e. The molecule has 0 bridgehead atoms. The third-order valence-corrected chi connectivity index (χ3v) is 3.22. The minimum absolute atomic E-state index is 0.136. The standard InChI is InChI=1S/C16H17ClN2O2/c1-3-11(2)21-14-6-4-5-13(9-14)19-16(20)12-7-8-15(17)18-10-12/h4-11H,3H2,1-2H3,(H,19,20). The third-order valence-electron chi connectivity index (χ3n) is 2.99. The number of nitrogens with one attached hydrogen (secondary N) is 1. The van der Waals surface area contributed by atoms with E-state index in [0.29, 0.717) is 16.4 Å². The largest absolute Gasteiger partial charge is 0.491 e. The Bertz CT molecular complexity index is 614. The van der Waals surface area contributed by atoms with Crippen molar-refractivity contribution < 1.29 is 9.53 Å². The van der Waals surface area contributed by atoms with Gasteiger partial charge in [-0.1, -0.05) is 24.6 Å². The van der Waals surface area contributed by atoms with Crippen LogP contribution in [-0.2, 0) is 0 Å². The first-order chi connectivity index (χ1) is 10.1. The van der Waals surface area contributed by atoms with Crippen LogP contribution < -0.4 is 10.1 Å². The highest BCUT2D eigenvalue weighted by Gasteiger charge is 2.08. The van der Waals surface area contributed by atoms with Gasteiger partial charge in [-0.25, -0.2) is 4.98 Å². The van der Waals surface area contributed by atoms with E-state index < -0.39 is 0 Å². The molecule has 0 saturated heterocycles. The predicted molar refractivity (Wildman–Crippen MR) is 84.0 cm³/mol. The maximum atomic E-state index is 12.1. The van der Waals surface area contributed by atoms with E-state index in [1.807, 2.05) is 25.1 Å². The molecule has 1 unspecified atom stereocenters. The highest BCUT2D eigenvalue weighted by atomic mass is 35.5. The van der Waals surface area contributed by atoms with Gasteiger partial charge in [0.1, 0.15) is 10.9 Å². The summed E-state index contributed by atoms with van der Waals surface area (Å²) < 4.78 is 5.73. The summed E-state index contributed by atoms with van der Waals surface area (Å²) in [6, 6.07) is 10.5. The Morgan fingerprint density at radius 2 is 2.19 bits per heavy atom. The molecule has 0 spiro atoms. The van der Waals surface area contributed by atoms with E-state index in [0.717, 1.165) is 12.2 Å². The first kappa shape index (κ1) is 15.3. The van der Waals surface area contributed by atoms with Crippen LogP contribution in [0.25, 0.3) is 0 Å². The van der Waals surface area contributed by atoms with Crippen molar-refractivity contribution in [1.82, 2.24) is 4.98 Å². The van der Waals surface area contributed by atoms with E-state index in [-0.39, 0.29) is 12.0 Å². The van der Waals surface area contributed by atoms with Crippen molar-refractivity contribution in [3.05, 3.63) is 53.3 Å². The Balaban J connectivity index is 2.07.